The van der Waals surface area contributed by atoms with E-state index in [4.69, 9.17) is 27.9 Å². The van der Waals surface area contributed by atoms with Crippen molar-refractivity contribution in [1.82, 2.24) is 4.98 Å². The maximum Gasteiger partial charge on any atom is 0.265 e. The number of ether oxygens (including phenoxy) is 1. The molecule has 0 aliphatic carbocycles. The lowest BCUT2D eigenvalue weighted by Gasteiger charge is -2.28. The molecule has 0 saturated heterocycles. The third kappa shape index (κ3) is 4.85. The second kappa shape index (κ2) is 9.56. The van der Waals surface area contributed by atoms with E-state index in [0.29, 0.717) is 44.4 Å². The molecule has 0 unspecified atom stereocenters. The van der Waals surface area contributed by atoms with Crippen LogP contribution in [0.15, 0.2) is 60.5 Å². The second-order valence-electron chi connectivity index (χ2n) is 6.79. The average Bonchev–Trinajstić information content (AvgIpc) is 3.23. The van der Waals surface area contributed by atoms with Crippen LogP contribution in [0.5, 0.6) is 5.75 Å². The lowest BCUT2D eigenvalue weighted by molar-refractivity contribution is -0.121. The van der Waals surface area contributed by atoms with Crippen molar-refractivity contribution in [2.75, 3.05) is 23.4 Å². The van der Waals surface area contributed by atoms with E-state index >= 15 is 0 Å². The van der Waals surface area contributed by atoms with Crippen molar-refractivity contribution in [2.45, 2.75) is 0 Å². The van der Waals surface area contributed by atoms with Crippen LogP contribution < -0.4 is 15.0 Å². The van der Waals surface area contributed by atoms with Gasteiger partial charge in [0.05, 0.1) is 11.4 Å². The Morgan fingerprint density at radius 1 is 1.28 bits per heavy atom. The molecule has 2 amide bonds. The Hall–Kier alpha value is -3.13. The number of anilines is 2. The van der Waals surface area contributed by atoms with Crippen LogP contribution in [-0.4, -0.2) is 29.9 Å². The molecule has 32 heavy (non-hydrogen) atoms. The van der Waals surface area contributed by atoms with E-state index in [9.17, 15) is 9.59 Å². The standard InChI is InChI=1S/C23H17Cl2N3O3S/c1-2-9-28-19-10-15(4-7-20(19)31-12-22(28)30)18-13-32-23(26-18)27-21(29)8-5-14-3-6-16(24)11-17(14)25/h2-8,10-11,13H,1,9,12H2,(H,26,27,29)/b8-5+. The molecule has 0 spiro atoms. The van der Waals surface area contributed by atoms with E-state index in [1.807, 2.05) is 23.6 Å². The Morgan fingerprint density at radius 2 is 2.12 bits per heavy atom. The van der Waals surface area contributed by atoms with Gasteiger partial charge in [-0.3, -0.25) is 14.9 Å². The molecule has 0 radical (unpaired) electrons. The summed E-state index contributed by atoms with van der Waals surface area (Å²) in [5.74, 6) is 0.164. The van der Waals surface area contributed by atoms with Gasteiger partial charge in [0.15, 0.2) is 11.7 Å². The van der Waals surface area contributed by atoms with Gasteiger partial charge >= 0.3 is 0 Å². The number of aromatic nitrogens is 1. The van der Waals surface area contributed by atoms with E-state index in [-0.39, 0.29) is 18.4 Å². The molecule has 1 aliphatic rings. The predicted octanol–water partition coefficient (Wildman–Crippen LogP) is 5.68. The molecule has 0 fully saturated rings. The van der Waals surface area contributed by atoms with Crippen LogP contribution in [0.4, 0.5) is 10.8 Å². The van der Waals surface area contributed by atoms with Crippen LogP contribution in [0.3, 0.4) is 0 Å². The highest BCUT2D eigenvalue weighted by Gasteiger charge is 2.25. The molecular weight excluding hydrogens is 469 g/mol. The Labute approximate surface area is 198 Å². The molecule has 4 rings (SSSR count). The van der Waals surface area contributed by atoms with E-state index in [1.54, 1.807) is 35.3 Å². The first-order valence-electron chi connectivity index (χ1n) is 9.52. The molecule has 2 heterocycles. The van der Waals surface area contributed by atoms with Gasteiger partial charge in [-0.1, -0.05) is 35.3 Å². The molecular formula is C23H17Cl2N3O3S. The second-order valence-corrected chi connectivity index (χ2v) is 8.49. The van der Waals surface area contributed by atoms with E-state index in [2.05, 4.69) is 16.9 Å². The van der Waals surface area contributed by atoms with Crippen molar-refractivity contribution in [3.63, 3.8) is 0 Å². The fourth-order valence-corrected chi connectivity index (χ4v) is 4.30. The number of hydrogen-bond donors (Lipinski definition) is 1. The Kier molecular flexibility index (Phi) is 6.60. The first kappa shape index (κ1) is 22.1. The van der Waals surface area contributed by atoms with E-state index in [0.717, 1.165) is 5.56 Å². The molecule has 6 nitrogen and oxygen atoms in total. The molecule has 0 bridgehead atoms. The number of thiazole rings is 1. The average molecular weight is 486 g/mol. The van der Waals surface area contributed by atoms with Gasteiger partial charge in [-0.05, 0) is 42.0 Å². The fraction of sp³-hybridized carbons (Fsp3) is 0.0870. The molecule has 1 aliphatic heterocycles. The number of amides is 2. The number of carbonyl (C=O) groups is 2. The predicted molar refractivity (Wildman–Crippen MR) is 130 cm³/mol. The topological polar surface area (TPSA) is 71.5 Å². The SMILES string of the molecule is C=CCN1C(=O)COc2ccc(-c3csc(NC(=O)/C=C/c4ccc(Cl)cc4Cl)n3)cc21. The van der Waals surface area contributed by atoms with E-state index in [1.165, 1.54) is 17.4 Å². The van der Waals surface area contributed by atoms with Crippen LogP contribution in [-0.2, 0) is 9.59 Å². The molecule has 0 atom stereocenters. The number of halogens is 2. The summed E-state index contributed by atoms with van der Waals surface area (Å²) in [5, 5.41) is 6.01. The van der Waals surface area contributed by atoms with Gasteiger partial charge in [0.25, 0.3) is 5.91 Å². The zero-order valence-corrected chi connectivity index (χ0v) is 19.0. The van der Waals surface area contributed by atoms with Crippen LogP contribution in [0.25, 0.3) is 17.3 Å². The smallest absolute Gasteiger partial charge is 0.265 e. The van der Waals surface area contributed by atoms with Crippen molar-refractivity contribution < 1.29 is 14.3 Å². The maximum atomic E-state index is 12.3. The lowest BCUT2D eigenvalue weighted by Crippen LogP contribution is -2.38. The van der Waals surface area contributed by atoms with Crippen LogP contribution in [0.2, 0.25) is 10.0 Å². The maximum absolute atomic E-state index is 12.3. The zero-order chi connectivity index (χ0) is 22.7. The summed E-state index contributed by atoms with van der Waals surface area (Å²) >= 11 is 13.3. The summed E-state index contributed by atoms with van der Waals surface area (Å²) < 4.78 is 5.51. The van der Waals surface area contributed by atoms with Gasteiger partial charge in [0.2, 0.25) is 5.91 Å². The highest BCUT2D eigenvalue weighted by Crippen LogP contribution is 2.36. The summed E-state index contributed by atoms with van der Waals surface area (Å²) in [6, 6.07) is 10.6. The molecule has 3 aromatic rings. The number of fused-ring (bicyclic) bond motifs is 1. The normalized spacial score (nSPS) is 13.1. The molecule has 0 saturated carbocycles. The van der Waals surface area contributed by atoms with Crippen molar-refractivity contribution in [1.29, 1.82) is 0 Å². The minimum Gasteiger partial charge on any atom is -0.482 e. The van der Waals surface area contributed by atoms with Gasteiger partial charge < -0.3 is 9.64 Å². The summed E-state index contributed by atoms with van der Waals surface area (Å²) in [7, 11) is 0. The monoisotopic (exact) mass is 485 g/mol. The third-order valence-electron chi connectivity index (χ3n) is 4.62. The lowest BCUT2D eigenvalue weighted by atomic mass is 10.1. The summed E-state index contributed by atoms with van der Waals surface area (Å²) in [5.41, 5.74) is 2.83. The Bertz CT molecular complexity index is 1240. The number of hydrogen-bond acceptors (Lipinski definition) is 5. The van der Waals surface area contributed by atoms with E-state index < -0.39 is 0 Å². The molecule has 162 valence electrons. The molecule has 1 N–H and O–H groups in total. The van der Waals surface area contributed by atoms with Crippen LogP contribution in [0, 0.1) is 0 Å². The summed E-state index contributed by atoms with van der Waals surface area (Å²) in [4.78, 5) is 30.6. The summed E-state index contributed by atoms with van der Waals surface area (Å²) in [6.45, 7) is 4.10. The van der Waals surface area contributed by atoms with Gasteiger partial charge in [-0.25, -0.2) is 4.98 Å². The number of carbonyl (C=O) groups excluding carboxylic acids is 2. The molecule has 1 aromatic heterocycles. The van der Waals surface area contributed by atoms with Crippen LogP contribution >= 0.6 is 34.5 Å². The number of rotatable bonds is 6. The quantitative estimate of drug-likeness (QED) is 0.360. The number of benzene rings is 2. The van der Waals surface area contributed by atoms with Crippen LogP contribution in [0.1, 0.15) is 5.56 Å². The minimum absolute atomic E-state index is 0.00180. The van der Waals surface area contributed by atoms with Gasteiger partial charge in [0.1, 0.15) is 5.75 Å². The van der Waals surface area contributed by atoms with Crippen molar-refractivity contribution in [3.05, 3.63) is 76.1 Å². The molecule has 2 aromatic carbocycles. The Balaban J connectivity index is 1.49. The van der Waals surface area contributed by atoms with Gasteiger partial charge in [-0.15, -0.1) is 17.9 Å². The Morgan fingerprint density at radius 3 is 2.91 bits per heavy atom. The number of nitrogens with one attached hydrogen (secondary N) is 1. The number of nitrogens with zero attached hydrogens (tertiary/aromatic N) is 2. The largest absolute Gasteiger partial charge is 0.482 e. The highest BCUT2D eigenvalue weighted by atomic mass is 35.5. The summed E-state index contributed by atoms with van der Waals surface area (Å²) in [6.07, 6.45) is 4.66. The van der Waals surface area contributed by atoms with Gasteiger partial charge in [-0.2, -0.15) is 0 Å². The first-order chi connectivity index (χ1) is 15.4. The van der Waals surface area contributed by atoms with Gasteiger partial charge in [0, 0.05) is 33.6 Å². The highest BCUT2D eigenvalue weighted by molar-refractivity contribution is 7.14. The third-order valence-corrected chi connectivity index (χ3v) is 5.94. The minimum atomic E-state index is -0.335. The van der Waals surface area contributed by atoms with Crippen molar-refractivity contribution >= 4 is 63.2 Å². The fourth-order valence-electron chi connectivity index (χ4n) is 3.10. The van der Waals surface area contributed by atoms with Crippen molar-refractivity contribution in [3.8, 4) is 17.0 Å². The zero-order valence-electron chi connectivity index (χ0n) is 16.7. The van der Waals surface area contributed by atoms with Crippen molar-refractivity contribution in [2.24, 2.45) is 0 Å². The molecule has 9 heteroatoms. The first-order valence-corrected chi connectivity index (χ1v) is 11.2.